The number of nitrogens with one attached hydrogen (secondary N) is 3. The van der Waals surface area contributed by atoms with Gasteiger partial charge in [-0.05, 0) is 75.3 Å². The quantitative estimate of drug-likeness (QED) is 0.254. The fourth-order valence-electron chi connectivity index (χ4n) is 7.50. The zero-order valence-electron chi connectivity index (χ0n) is 29.1. The topological polar surface area (TPSA) is 180 Å². The van der Waals surface area contributed by atoms with E-state index < -0.39 is 68.1 Å². The molecule has 2 aliphatic carbocycles. The van der Waals surface area contributed by atoms with Crippen molar-refractivity contribution < 1.29 is 36.7 Å². The summed E-state index contributed by atoms with van der Waals surface area (Å²) in [5.74, 6) is -2.71. The molecule has 2 aromatic rings. The smallest absolute Gasteiger partial charge is 0.410 e. The Morgan fingerprint density at radius 3 is 2.62 bits per heavy atom. The van der Waals surface area contributed by atoms with E-state index >= 15 is 0 Å². The van der Waals surface area contributed by atoms with Crippen molar-refractivity contribution >= 4 is 45.2 Å². The number of allylic oxidation sites excluding steroid dienone is 1. The summed E-state index contributed by atoms with van der Waals surface area (Å²) in [5, 5.41) is 6.15. The Kier molecular flexibility index (Phi) is 9.42. The number of hydrogen-bond acceptors (Lipinski definition) is 9. The number of amides is 4. The number of halogens is 1. The van der Waals surface area contributed by atoms with Crippen LogP contribution in [0.15, 0.2) is 54.6 Å². The van der Waals surface area contributed by atoms with Gasteiger partial charge < -0.3 is 26.0 Å². The number of carbonyl (C=O) groups excluding carboxylic acids is 4. The third-order valence-corrected chi connectivity index (χ3v) is 13.3. The van der Waals surface area contributed by atoms with Gasteiger partial charge in [-0.1, -0.05) is 43.2 Å². The zero-order chi connectivity index (χ0) is 36.8. The molecule has 52 heavy (non-hydrogen) atoms. The summed E-state index contributed by atoms with van der Waals surface area (Å²) in [5.41, 5.74) is 6.73. The lowest BCUT2D eigenvalue weighted by atomic mass is 10.0. The van der Waals surface area contributed by atoms with Crippen molar-refractivity contribution in [2.75, 3.05) is 17.6 Å². The Morgan fingerprint density at radius 2 is 1.87 bits per heavy atom. The molecule has 5 N–H and O–H groups in total. The molecule has 0 radical (unpaired) electrons. The average Bonchev–Trinajstić information content (AvgIpc) is 3.89. The number of nitrogens with zero attached hydrogens (tertiary/aromatic N) is 2. The van der Waals surface area contributed by atoms with E-state index in [1.165, 1.54) is 15.9 Å². The first kappa shape index (κ1) is 35.7. The van der Waals surface area contributed by atoms with Crippen molar-refractivity contribution in [1.82, 2.24) is 19.8 Å². The summed E-state index contributed by atoms with van der Waals surface area (Å²) in [7, 11) is -3.99. The number of fused-ring (bicyclic) bond motifs is 3. The molecule has 0 bridgehead atoms. The zero-order valence-corrected chi connectivity index (χ0v) is 29.9. The number of ether oxygens (including phenoxy) is 1. The van der Waals surface area contributed by atoms with Gasteiger partial charge in [0.05, 0.1) is 17.8 Å². The van der Waals surface area contributed by atoms with Crippen LogP contribution in [0.1, 0.15) is 75.8 Å². The predicted molar refractivity (Wildman–Crippen MR) is 190 cm³/mol. The number of sulfonamides is 1. The van der Waals surface area contributed by atoms with Crippen LogP contribution in [0.2, 0.25) is 0 Å². The van der Waals surface area contributed by atoms with Gasteiger partial charge >= 0.3 is 6.09 Å². The summed E-state index contributed by atoms with van der Waals surface area (Å²) in [6, 6.07) is 9.79. The van der Waals surface area contributed by atoms with Crippen LogP contribution in [-0.2, 0) is 42.2 Å². The van der Waals surface area contributed by atoms with Crippen LogP contribution in [-0.4, -0.2) is 77.1 Å². The lowest BCUT2D eigenvalue weighted by Gasteiger charge is -2.30. The molecule has 278 valence electrons. The highest BCUT2D eigenvalue weighted by Gasteiger charge is 2.63. The fraction of sp³-hybridized carbons (Fsp3) is 0.514. The highest BCUT2D eigenvalue weighted by molar-refractivity contribution is 7.91. The van der Waals surface area contributed by atoms with Gasteiger partial charge in [0.15, 0.2) is 0 Å². The fourth-order valence-corrected chi connectivity index (χ4v) is 8.82. The number of rotatable bonds is 6. The maximum absolute atomic E-state index is 14.5. The lowest BCUT2D eigenvalue weighted by Crippen LogP contribution is -2.58. The SMILES string of the molecule is CC1(S(=O)(=O)NC(=O)[C@@]23C[C@H]2C=CCCCCC[C@H](Nc2cccc(N)c2)C(=O)N2C[C@H](OC(=O)N4Cc5cccc(F)c5C4)C[C@H]2C(=O)N3)CC1. The number of nitrogen functional groups attached to an aromatic ring is 1. The van der Waals surface area contributed by atoms with Gasteiger partial charge in [-0.15, -0.1) is 0 Å². The van der Waals surface area contributed by atoms with Gasteiger partial charge in [-0.25, -0.2) is 17.6 Å². The van der Waals surface area contributed by atoms with E-state index in [2.05, 4.69) is 15.4 Å². The monoisotopic (exact) mass is 736 g/mol. The molecule has 0 spiro atoms. The molecule has 3 fully saturated rings. The Morgan fingerprint density at radius 1 is 1.08 bits per heavy atom. The van der Waals surface area contributed by atoms with E-state index in [1.807, 2.05) is 12.2 Å². The molecular formula is C37H45FN6O7S. The first-order chi connectivity index (χ1) is 24.8. The summed E-state index contributed by atoms with van der Waals surface area (Å²) in [6.07, 6.45) is 6.75. The maximum atomic E-state index is 14.5. The first-order valence-electron chi connectivity index (χ1n) is 18.0. The minimum atomic E-state index is -3.99. The van der Waals surface area contributed by atoms with Crippen LogP contribution >= 0.6 is 0 Å². The van der Waals surface area contributed by atoms with Gasteiger partial charge in [0.2, 0.25) is 21.8 Å². The molecule has 0 aromatic heterocycles. The predicted octanol–water partition coefficient (Wildman–Crippen LogP) is 3.70. The van der Waals surface area contributed by atoms with Crippen LogP contribution < -0.4 is 21.1 Å². The number of anilines is 2. The van der Waals surface area contributed by atoms with Crippen LogP contribution in [0.5, 0.6) is 0 Å². The average molecular weight is 737 g/mol. The van der Waals surface area contributed by atoms with Crippen LogP contribution in [0.4, 0.5) is 20.6 Å². The summed E-state index contributed by atoms with van der Waals surface area (Å²) in [6.45, 7) is 1.67. The molecule has 3 heterocycles. The van der Waals surface area contributed by atoms with E-state index in [0.29, 0.717) is 48.2 Å². The molecule has 2 saturated carbocycles. The molecule has 3 aliphatic heterocycles. The summed E-state index contributed by atoms with van der Waals surface area (Å²) < 4.78 is 47.7. The second-order valence-corrected chi connectivity index (χ2v) is 17.2. The molecule has 5 atom stereocenters. The van der Waals surface area contributed by atoms with Crippen molar-refractivity contribution in [3.63, 3.8) is 0 Å². The number of nitrogens with two attached hydrogens (primary N) is 1. The Hall–Kier alpha value is -4.66. The maximum Gasteiger partial charge on any atom is 0.410 e. The molecule has 13 nitrogen and oxygen atoms in total. The Labute approximate surface area is 302 Å². The number of benzene rings is 2. The van der Waals surface area contributed by atoms with Crippen molar-refractivity contribution in [3.05, 3.63) is 71.6 Å². The van der Waals surface area contributed by atoms with E-state index in [9.17, 15) is 32.0 Å². The standard InChI is InChI=1S/C37H45FN6O7S/c1-36(15-16-36)52(49,50)42-34(47)37-19-24(37)10-5-3-2-4-6-14-30(40-26-12-8-11-25(39)17-26)33(46)44-21-27(18-31(44)32(45)41-37)51-35(48)43-20-23-9-7-13-29(38)28(23)22-43/h5,7-13,17,24,27,30-31,40H,2-4,6,14-16,18-22,39H2,1H3,(H,41,45)(H,42,47)/t24-,27-,30+,31+,37-/m1/s1. The lowest BCUT2D eigenvalue weighted by molar-refractivity contribution is -0.140. The highest BCUT2D eigenvalue weighted by atomic mass is 32.2. The van der Waals surface area contributed by atoms with Crippen molar-refractivity contribution in [3.8, 4) is 0 Å². The molecule has 5 aliphatic rings. The van der Waals surface area contributed by atoms with Gasteiger partial charge in [-0.2, -0.15) is 0 Å². The molecule has 15 heteroatoms. The van der Waals surface area contributed by atoms with E-state index in [0.717, 1.165) is 19.3 Å². The summed E-state index contributed by atoms with van der Waals surface area (Å²) in [4.78, 5) is 58.7. The van der Waals surface area contributed by atoms with E-state index in [-0.39, 0.29) is 38.4 Å². The Bertz CT molecular complexity index is 1920. The van der Waals surface area contributed by atoms with E-state index in [1.54, 1.807) is 43.3 Å². The van der Waals surface area contributed by atoms with Gasteiger partial charge in [-0.3, -0.25) is 24.0 Å². The molecule has 2 aromatic carbocycles. The third kappa shape index (κ3) is 7.06. The molecular weight excluding hydrogens is 692 g/mol. The van der Waals surface area contributed by atoms with E-state index in [4.69, 9.17) is 10.5 Å². The van der Waals surface area contributed by atoms with Crippen LogP contribution in [0.3, 0.4) is 0 Å². The minimum absolute atomic E-state index is 0.0286. The summed E-state index contributed by atoms with van der Waals surface area (Å²) >= 11 is 0. The molecule has 1 saturated heterocycles. The van der Waals surface area contributed by atoms with Gasteiger partial charge in [0.1, 0.15) is 29.5 Å². The van der Waals surface area contributed by atoms with Crippen LogP contribution in [0, 0.1) is 11.7 Å². The Balaban J connectivity index is 1.15. The minimum Gasteiger partial charge on any atom is -0.444 e. The highest BCUT2D eigenvalue weighted by Crippen LogP contribution is 2.47. The molecule has 7 rings (SSSR count). The van der Waals surface area contributed by atoms with Crippen molar-refractivity contribution in [2.45, 2.75) is 106 Å². The normalized spacial score (nSPS) is 28.3. The number of carbonyl (C=O) groups is 4. The first-order valence-corrected chi connectivity index (χ1v) is 19.5. The largest absolute Gasteiger partial charge is 0.444 e. The van der Waals surface area contributed by atoms with Crippen molar-refractivity contribution in [1.29, 1.82) is 0 Å². The second-order valence-electron chi connectivity index (χ2n) is 15.0. The van der Waals surface area contributed by atoms with Gasteiger partial charge in [0, 0.05) is 35.8 Å². The molecule has 0 unspecified atom stereocenters. The number of hydrogen-bond donors (Lipinski definition) is 4. The second kappa shape index (κ2) is 13.7. The van der Waals surface area contributed by atoms with Crippen molar-refractivity contribution in [2.24, 2.45) is 5.92 Å². The molecule has 4 amide bonds. The third-order valence-electron chi connectivity index (χ3n) is 11.2. The van der Waals surface area contributed by atoms with Crippen LogP contribution in [0.25, 0.3) is 0 Å². The van der Waals surface area contributed by atoms with Gasteiger partial charge in [0.25, 0.3) is 5.91 Å².